The average molecular weight is 378 g/mol. The van der Waals surface area contributed by atoms with Crippen LogP contribution in [0.15, 0.2) is 41.3 Å². The maximum atomic E-state index is 12.3. The van der Waals surface area contributed by atoms with E-state index in [9.17, 15) is 18.5 Å². The van der Waals surface area contributed by atoms with Gasteiger partial charge >= 0.3 is 10.1 Å². The SMILES string of the molecule is COc1cc([N+](=O)[O-])ccc1S(=O)(=O)Oc1ccc(Cl)cc1Cl. The van der Waals surface area contributed by atoms with E-state index >= 15 is 0 Å². The number of nitrogens with zero attached hydrogens (tertiary/aromatic N) is 1. The van der Waals surface area contributed by atoms with E-state index in [1.807, 2.05) is 0 Å². The quantitative estimate of drug-likeness (QED) is 0.447. The van der Waals surface area contributed by atoms with Gasteiger partial charge in [0, 0.05) is 11.1 Å². The predicted molar refractivity (Wildman–Crippen MR) is 83.9 cm³/mol. The molecule has 0 fully saturated rings. The van der Waals surface area contributed by atoms with Gasteiger partial charge in [0.1, 0.15) is 10.6 Å². The van der Waals surface area contributed by atoms with Gasteiger partial charge in [0.15, 0.2) is 5.75 Å². The molecule has 2 rings (SSSR count). The van der Waals surface area contributed by atoms with Crippen molar-refractivity contribution in [3.63, 3.8) is 0 Å². The lowest BCUT2D eigenvalue weighted by Gasteiger charge is -2.11. The number of hydrogen-bond donors (Lipinski definition) is 0. The second-order valence-electron chi connectivity index (χ2n) is 4.20. The van der Waals surface area contributed by atoms with Crippen molar-refractivity contribution in [2.24, 2.45) is 0 Å². The maximum Gasteiger partial charge on any atom is 0.342 e. The first kappa shape index (κ1) is 17.3. The van der Waals surface area contributed by atoms with Crippen molar-refractivity contribution in [1.82, 2.24) is 0 Å². The van der Waals surface area contributed by atoms with Crippen molar-refractivity contribution in [2.75, 3.05) is 7.11 Å². The van der Waals surface area contributed by atoms with E-state index in [-0.39, 0.29) is 27.1 Å². The first-order valence-electron chi connectivity index (χ1n) is 5.96. The molecule has 0 aromatic heterocycles. The number of benzene rings is 2. The number of methoxy groups -OCH3 is 1. The van der Waals surface area contributed by atoms with Crippen LogP contribution in [-0.4, -0.2) is 20.5 Å². The summed E-state index contributed by atoms with van der Waals surface area (Å²) in [6, 6.07) is 7.06. The minimum absolute atomic E-state index is 0.00181. The Morgan fingerprint density at radius 1 is 1.09 bits per heavy atom. The van der Waals surface area contributed by atoms with Crippen LogP contribution >= 0.6 is 23.2 Å². The average Bonchev–Trinajstić information content (AvgIpc) is 2.49. The number of nitro groups is 1. The van der Waals surface area contributed by atoms with Crippen LogP contribution in [0.2, 0.25) is 10.0 Å². The van der Waals surface area contributed by atoms with Crippen molar-refractivity contribution in [2.45, 2.75) is 4.90 Å². The highest BCUT2D eigenvalue weighted by atomic mass is 35.5. The largest absolute Gasteiger partial charge is 0.495 e. The minimum atomic E-state index is -4.31. The zero-order valence-corrected chi connectivity index (χ0v) is 13.9. The highest BCUT2D eigenvalue weighted by Crippen LogP contribution is 2.33. The molecule has 2 aromatic carbocycles. The fraction of sp³-hybridized carbons (Fsp3) is 0.0769. The zero-order valence-electron chi connectivity index (χ0n) is 11.5. The lowest BCUT2D eigenvalue weighted by atomic mass is 10.3. The molecule has 7 nitrogen and oxygen atoms in total. The molecule has 0 spiro atoms. The molecule has 0 bridgehead atoms. The second-order valence-corrected chi connectivity index (χ2v) is 6.56. The molecule has 0 saturated carbocycles. The van der Waals surface area contributed by atoms with Crippen molar-refractivity contribution >= 4 is 39.0 Å². The summed E-state index contributed by atoms with van der Waals surface area (Å²) in [7, 11) is -3.12. The molecule has 0 unspecified atom stereocenters. The zero-order chi connectivity index (χ0) is 17.2. The van der Waals surface area contributed by atoms with Crippen molar-refractivity contribution in [3.8, 4) is 11.5 Å². The monoisotopic (exact) mass is 377 g/mol. The van der Waals surface area contributed by atoms with Crippen molar-refractivity contribution in [3.05, 3.63) is 56.6 Å². The number of halogens is 2. The summed E-state index contributed by atoms with van der Waals surface area (Å²) in [5.41, 5.74) is -0.315. The summed E-state index contributed by atoms with van der Waals surface area (Å²) in [6.07, 6.45) is 0. The Bertz CT molecular complexity index is 869. The van der Waals surface area contributed by atoms with Crippen LogP contribution in [0.1, 0.15) is 0 Å². The topological polar surface area (TPSA) is 95.7 Å². The molecule has 23 heavy (non-hydrogen) atoms. The number of rotatable bonds is 5. The Morgan fingerprint density at radius 3 is 2.35 bits per heavy atom. The molecular formula is C13H9Cl2NO6S. The lowest BCUT2D eigenvalue weighted by molar-refractivity contribution is -0.385. The van der Waals surface area contributed by atoms with E-state index in [0.717, 1.165) is 18.2 Å². The van der Waals surface area contributed by atoms with Crippen LogP contribution in [-0.2, 0) is 10.1 Å². The summed E-state index contributed by atoms with van der Waals surface area (Å²) in [5.74, 6) is -0.347. The molecule has 0 amide bonds. The normalized spacial score (nSPS) is 11.1. The molecule has 10 heteroatoms. The molecule has 0 atom stereocenters. The summed E-state index contributed by atoms with van der Waals surface area (Å²) in [6.45, 7) is 0. The Morgan fingerprint density at radius 2 is 1.78 bits per heavy atom. The van der Waals surface area contributed by atoms with Crippen LogP contribution < -0.4 is 8.92 Å². The van der Waals surface area contributed by atoms with E-state index in [2.05, 4.69) is 0 Å². The first-order valence-corrected chi connectivity index (χ1v) is 8.13. The van der Waals surface area contributed by atoms with E-state index in [0.29, 0.717) is 5.02 Å². The number of ether oxygens (including phenoxy) is 1. The molecule has 0 radical (unpaired) electrons. The van der Waals surface area contributed by atoms with Crippen molar-refractivity contribution < 1.29 is 22.3 Å². The molecule has 0 N–H and O–H groups in total. The van der Waals surface area contributed by atoms with Crippen molar-refractivity contribution in [1.29, 1.82) is 0 Å². The van der Waals surface area contributed by atoms with E-state index in [4.69, 9.17) is 32.1 Å². The van der Waals surface area contributed by atoms with Gasteiger partial charge in [-0.3, -0.25) is 10.1 Å². The smallest absolute Gasteiger partial charge is 0.342 e. The van der Waals surface area contributed by atoms with Gasteiger partial charge in [-0.2, -0.15) is 8.42 Å². The summed E-state index contributed by atoms with van der Waals surface area (Å²) in [4.78, 5) is 9.70. The van der Waals surface area contributed by atoms with Gasteiger partial charge < -0.3 is 8.92 Å². The molecule has 122 valence electrons. The van der Waals surface area contributed by atoms with E-state index in [1.165, 1.54) is 25.3 Å². The van der Waals surface area contributed by atoms with Gasteiger partial charge in [-0.1, -0.05) is 23.2 Å². The van der Waals surface area contributed by atoms with Crippen LogP contribution in [0.4, 0.5) is 5.69 Å². The third-order valence-electron chi connectivity index (χ3n) is 2.72. The third-order valence-corrected chi connectivity index (χ3v) is 4.53. The molecule has 0 saturated heterocycles. The van der Waals surface area contributed by atoms with Crippen LogP contribution in [0.5, 0.6) is 11.5 Å². The number of non-ortho nitro benzene ring substituents is 1. The van der Waals surface area contributed by atoms with E-state index < -0.39 is 15.0 Å². The Balaban J connectivity index is 2.45. The molecule has 0 aliphatic rings. The van der Waals surface area contributed by atoms with Crippen LogP contribution in [0.3, 0.4) is 0 Å². The summed E-state index contributed by atoms with van der Waals surface area (Å²) >= 11 is 11.6. The summed E-state index contributed by atoms with van der Waals surface area (Å²) in [5, 5.41) is 11.1. The maximum absolute atomic E-state index is 12.3. The molecular weight excluding hydrogens is 369 g/mol. The Hall–Kier alpha value is -2.03. The minimum Gasteiger partial charge on any atom is -0.495 e. The second kappa shape index (κ2) is 6.61. The summed E-state index contributed by atoms with van der Waals surface area (Å²) < 4.78 is 34.5. The molecule has 2 aromatic rings. The molecule has 0 heterocycles. The fourth-order valence-corrected chi connectivity index (χ4v) is 3.27. The Labute approximate surface area is 141 Å². The highest BCUT2D eigenvalue weighted by Gasteiger charge is 2.25. The fourth-order valence-electron chi connectivity index (χ4n) is 1.68. The van der Waals surface area contributed by atoms with Gasteiger partial charge in [0.05, 0.1) is 23.1 Å². The van der Waals surface area contributed by atoms with Gasteiger partial charge in [0.2, 0.25) is 0 Å². The van der Waals surface area contributed by atoms with Gasteiger partial charge in [0.25, 0.3) is 5.69 Å². The number of hydrogen-bond acceptors (Lipinski definition) is 6. The van der Waals surface area contributed by atoms with Gasteiger partial charge in [-0.25, -0.2) is 0 Å². The molecule has 0 aliphatic heterocycles. The third kappa shape index (κ3) is 3.84. The van der Waals surface area contributed by atoms with Gasteiger partial charge in [-0.15, -0.1) is 0 Å². The van der Waals surface area contributed by atoms with Gasteiger partial charge in [-0.05, 0) is 24.3 Å². The van der Waals surface area contributed by atoms with Crippen LogP contribution in [0, 0.1) is 10.1 Å². The first-order chi connectivity index (χ1) is 10.7. The van der Waals surface area contributed by atoms with Crippen LogP contribution in [0.25, 0.3) is 0 Å². The molecule has 0 aliphatic carbocycles. The number of nitro benzene ring substituents is 1. The highest BCUT2D eigenvalue weighted by molar-refractivity contribution is 7.87. The van der Waals surface area contributed by atoms with E-state index in [1.54, 1.807) is 0 Å². The Kier molecular flexibility index (Phi) is 4.98. The predicted octanol–water partition coefficient (Wildman–Crippen LogP) is 3.68. The lowest BCUT2D eigenvalue weighted by Crippen LogP contribution is -2.11. The standard InChI is InChI=1S/C13H9Cl2NO6S/c1-21-12-7-9(16(17)18)3-5-13(12)23(19,20)22-11-4-2-8(14)6-10(11)15/h2-7H,1H3.